The molecule has 0 aliphatic heterocycles. The van der Waals surface area contributed by atoms with E-state index in [9.17, 15) is 0 Å². The lowest BCUT2D eigenvalue weighted by atomic mass is 9.80. The quantitative estimate of drug-likeness (QED) is 0.907. The number of thiazole rings is 1. The molecule has 1 aromatic carbocycles. The summed E-state index contributed by atoms with van der Waals surface area (Å²) in [6, 6.07) is 9.07. The summed E-state index contributed by atoms with van der Waals surface area (Å²) < 4.78 is 1.30. The maximum atomic E-state index is 4.69. The number of hydrogen-bond donors (Lipinski definition) is 1. The zero-order chi connectivity index (χ0) is 13.2. The molecule has 3 rings (SSSR count). The number of hydrogen-bond acceptors (Lipinski definition) is 3. The predicted molar refractivity (Wildman–Crippen MR) is 82.4 cm³/mol. The van der Waals surface area contributed by atoms with Crippen molar-refractivity contribution in [3.63, 3.8) is 0 Å². The standard InChI is InChI=1S/C16H22N2S/c1-11-7-8-13(12(2)9-11)17-10-16-18-14-5-3-4-6-15(14)19-16/h3-6,11-13,17H,7-10H2,1-2H3. The van der Waals surface area contributed by atoms with Gasteiger partial charge in [0, 0.05) is 12.6 Å². The molecule has 19 heavy (non-hydrogen) atoms. The van der Waals surface area contributed by atoms with Gasteiger partial charge in [-0.3, -0.25) is 0 Å². The van der Waals surface area contributed by atoms with E-state index in [2.05, 4.69) is 43.4 Å². The Morgan fingerprint density at radius 1 is 1.26 bits per heavy atom. The lowest BCUT2D eigenvalue weighted by Crippen LogP contribution is -2.38. The van der Waals surface area contributed by atoms with E-state index >= 15 is 0 Å². The second kappa shape index (κ2) is 5.59. The first-order valence-electron chi connectivity index (χ1n) is 7.30. The van der Waals surface area contributed by atoms with Crippen molar-refractivity contribution in [3.8, 4) is 0 Å². The highest BCUT2D eigenvalue weighted by atomic mass is 32.1. The van der Waals surface area contributed by atoms with Crippen molar-refractivity contribution in [2.24, 2.45) is 11.8 Å². The van der Waals surface area contributed by atoms with Gasteiger partial charge >= 0.3 is 0 Å². The van der Waals surface area contributed by atoms with E-state index in [-0.39, 0.29) is 0 Å². The highest BCUT2D eigenvalue weighted by molar-refractivity contribution is 7.18. The molecule has 2 aromatic rings. The monoisotopic (exact) mass is 274 g/mol. The van der Waals surface area contributed by atoms with Gasteiger partial charge in [0.25, 0.3) is 0 Å². The second-order valence-corrected chi connectivity index (χ2v) is 7.07. The summed E-state index contributed by atoms with van der Waals surface area (Å²) in [4.78, 5) is 4.69. The van der Waals surface area contributed by atoms with Crippen molar-refractivity contribution in [2.75, 3.05) is 0 Å². The molecular weight excluding hydrogens is 252 g/mol. The molecule has 0 spiro atoms. The Labute approximate surface area is 119 Å². The molecule has 0 radical (unpaired) electrons. The summed E-state index contributed by atoms with van der Waals surface area (Å²) in [7, 11) is 0. The number of rotatable bonds is 3. The van der Waals surface area contributed by atoms with Crippen LogP contribution in [0.5, 0.6) is 0 Å². The van der Waals surface area contributed by atoms with Gasteiger partial charge in [-0.1, -0.05) is 26.0 Å². The van der Waals surface area contributed by atoms with Crippen molar-refractivity contribution >= 4 is 21.6 Å². The normalized spacial score (nSPS) is 27.8. The average Bonchev–Trinajstić information content (AvgIpc) is 2.80. The molecule has 102 valence electrons. The molecule has 1 saturated carbocycles. The van der Waals surface area contributed by atoms with E-state index in [0.717, 1.165) is 23.9 Å². The molecule has 1 aliphatic rings. The molecule has 3 unspecified atom stereocenters. The third kappa shape index (κ3) is 2.98. The molecule has 1 aromatic heterocycles. The molecular formula is C16H22N2S. The van der Waals surface area contributed by atoms with Crippen molar-refractivity contribution < 1.29 is 0 Å². The molecule has 2 nitrogen and oxygen atoms in total. The maximum absolute atomic E-state index is 4.69. The molecule has 3 heteroatoms. The third-order valence-corrected chi connectivity index (χ3v) is 5.32. The van der Waals surface area contributed by atoms with Gasteiger partial charge in [0.1, 0.15) is 5.01 Å². The largest absolute Gasteiger partial charge is 0.307 e. The van der Waals surface area contributed by atoms with E-state index in [0.29, 0.717) is 6.04 Å². The van der Waals surface area contributed by atoms with Crippen LogP contribution >= 0.6 is 11.3 Å². The van der Waals surface area contributed by atoms with Crippen LogP contribution in [0.3, 0.4) is 0 Å². The Morgan fingerprint density at radius 3 is 2.89 bits per heavy atom. The second-order valence-electron chi connectivity index (χ2n) is 5.96. The van der Waals surface area contributed by atoms with Crippen LogP contribution in [0.1, 0.15) is 38.1 Å². The smallest absolute Gasteiger partial charge is 0.108 e. The van der Waals surface area contributed by atoms with E-state index in [1.807, 2.05) is 11.3 Å². The molecule has 0 amide bonds. The van der Waals surface area contributed by atoms with E-state index in [4.69, 9.17) is 4.98 Å². The maximum Gasteiger partial charge on any atom is 0.108 e. The fourth-order valence-electron chi connectivity index (χ4n) is 3.18. The van der Waals surface area contributed by atoms with E-state index in [1.54, 1.807) is 0 Å². The van der Waals surface area contributed by atoms with Crippen LogP contribution in [-0.4, -0.2) is 11.0 Å². The van der Waals surface area contributed by atoms with Crippen LogP contribution in [0.4, 0.5) is 0 Å². The zero-order valence-corrected chi connectivity index (χ0v) is 12.5. The molecule has 1 aliphatic carbocycles. The number of nitrogens with one attached hydrogen (secondary N) is 1. The van der Waals surface area contributed by atoms with E-state index in [1.165, 1.54) is 29.0 Å². The Balaban J connectivity index is 1.62. The molecule has 0 bridgehead atoms. The topological polar surface area (TPSA) is 24.9 Å². The molecule has 1 N–H and O–H groups in total. The lowest BCUT2D eigenvalue weighted by Gasteiger charge is -2.33. The highest BCUT2D eigenvalue weighted by Gasteiger charge is 2.24. The Morgan fingerprint density at radius 2 is 2.11 bits per heavy atom. The number of para-hydroxylation sites is 1. The first-order valence-corrected chi connectivity index (χ1v) is 8.12. The predicted octanol–water partition coefficient (Wildman–Crippen LogP) is 4.21. The fraction of sp³-hybridized carbons (Fsp3) is 0.562. The van der Waals surface area contributed by atoms with Crippen molar-refractivity contribution in [1.82, 2.24) is 10.3 Å². The number of fused-ring (bicyclic) bond motifs is 1. The Kier molecular flexibility index (Phi) is 3.85. The minimum absolute atomic E-state index is 0.670. The fourth-order valence-corrected chi connectivity index (χ4v) is 4.10. The van der Waals surface area contributed by atoms with Gasteiger partial charge in [0.15, 0.2) is 0 Å². The zero-order valence-electron chi connectivity index (χ0n) is 11.7. The molecule has 1 fully saturated rings. The van der Waals surface area contributed by atoms with Crippen molar-refractivity contribution in [3.05, 3.63) is 29.3 Å². The van der Waals surface area contributed by atoms with Gasteiger partial charge in [-0.25, -0.2) is 4.98 Å². The lowest BCUT2D eigenvalue weighted by molar-refractivity contribution is 0.227. The van der Waals surface area contributed by atoms with Crippen LogP contribution in [0, 0.1) is 11.8 Å². The van der Waals surface area contributed by atoms with Crippen LogP contribution in [-0.2, 0) is 6.54 Å². The first-order chi connectivity index (χ1) is 9.22. The Bertz CT molecular complexity index is 515. The third-order valence-electron chi connectivity index (χ3n) is 4.29. The Hall–Kier alpha value is -0.930. The van der Waals surface area contributed by atoms with Gasteiger partial charge in [-0.05, 0) is 43.2 Å². The van der Waals surface area contributed by atoms with Gasteiger partial charge in [0.05, 0.1) is 10.2 Å². The summed E-state index contributed by atoms with van der Waals surface area (Å²) >= 11 is 1.81. The van der Waals surface area contributed by atoms with Gasteiger partial charge in [0.2, 0.25) is 0 Å². The van der Waals surface area contributed by atoms with Crippen LogP contribution < -0.4 is 5.32 Å². The minimum atomic E-state index is 0.670. The summed E-state index contributed by atoms with van der Waals surface area (Å²) in [5.41, 5.74) is 1.13. The number of benzene rings is 1. The summed E-state index contributed by atoms with van der Waals surface area (Å²) in [5.74, 6) is 1.69. The molecule has 3 atom stereocenters. The average molecular weight is 274 g/mol. The van der Waals surface area contributed by atoms with Gasteiger partial charge in [-0.15, -0.1) is 11.3 Å². The number of aromatic nitrogens is 1. The van der Waals surface area contributed by atoms with Crippen LogP contribution in [0.2, 0.25) is 0 Å². The van der Waals surface area contributed by atoms with Crippen molar-refractivity contribution in [1.29, 1.82) is 0 Å². The SMILES string of the molecule is CC1CCC(NCc2nc3ccccc3s2)C(C)C1. The highest BCUT2D eigenvalue weighted by Crippen LogP contribution is 2.29. The molecule has 0 saturated heterocycles. The number of nitrogens with zero attached hydrogens (tertiary/aromatic N) is 1. The summed E-state index contributed by atoms with van der Waals surface area (Å²) in [6.45, 7) is 5.68. The van der Waals surface area contributed by atoms with Gasteiger partial charge < -0.3 is 5.32 Å². The van der Waals surface area contributed by atoms with Gasteiger partial charge in [-0.2, -0.15) is 0 Å². The van der Waals surface area contributed by atoms with E-state index < -0.39 is 0 Å². The first kappa shape index (κ1) is 13.1. The summed E-state index contributed by atoms with van der Waals surface area (Å²) in [5, 5.41) is 4.93. The molecule has 1 heterocycles. The van der Waals surface area contributed by atoms with Crippen LogP contribution in [0.25, 0.3) is 10.2 Å². The van der Waals surface area contributed by atoms with Crippen LogP contribution in [0.15, 0.2) is 24.3 Å². The van der Waals surface area contributed by atoms with Crippen molar-refractivity contribution in [2.45, 2.75) is 45.7 Å². The summed E-state index contributed by atoms with van der Waals surface area (Å²) in [6.07, 6.45) is 4.03. The minimum Gasteiger partial charge on any atom is -0.307 e.